The molecule has 0 bridgehead atoms. The number of benzene rings is 2. The molecular weight excluding hydrogens is 366 g/mol. The highest BCUT2D eigenvalue weighted by Crippen LogP contribution is 2.32. The van der Waals surface area contributed by atoms with E-state index in [2.05, 4.69) is 0 Å². The lowest BCUT2D eigenvalue weighted by molar-refractivity contribution is 0.0850. The van der Waals surface area contributed by atoms with Crippen molar-refractivity contribution in [1.29, 1.82) is 0 Å². The number of para-hydroxylation sites is 2. The number of aliphatic imine (C=N–C) groups is 1. The van der Waals surface area contributed by atoms with Gasteiger partial charge in [0.05, 0.1) is 16.8 Å². The predicted octanol–water partition coefficient (Wildman–Crippen LogP) is 4.99. The topological polar surface area (TPSA) is 45.6 Å². The maximum Gasteiger partial charge on any atom is 0.260 e. The minimum atomic E-state index is 0.0682. The standard InChI is InChI=1S/C23H21N3OS/c27-22(26-14-7-15-28-23(26)24-16-8-2-1-3-9-16)21-17-10-4-5-12-19(17)25-20-13-6-11-18(20)21/h1-5,8-10,12H,6-7,11,13-15H2. The molecule has 0 N–H and O–H groups in total. The van der Waals surface area contributed by atoms with Crippen molar-refractivity contribution in [1.82, 2.24) is 9.88 Å². The average molecular weight is 388 g/mol. The molecule has 28 heavy (non-hydrogen) atoms. The number of thioether (sulfide) groups is 1. The van der Waals surface area contributed by atoms with Crippen LogP contribution in [0, 0.1) is 0 Å². The largest absolute Gasteiger partial charge is 0.287 e. The van der Waals surface area contributed by atoms with Crippen LogP contribution < -0.4 is 0 Å². The van der Waals surface area contributed by atoms with Crippen LogP contribution in [0.1, 0.15) is 34.5 Å². The van der Waals surface area contributed by atoms with E-state index in [4.69, 9.17) is 9.98 Å². The fraction of sp³-hybridized carbons (Fsp3) is 0.261. The number of pyridine rings is 1. The predicted molar refractivity (Wildman–Crippen MR) is 115 cm³/mol. The van der Waals surface area contributed by atoms with E-state index >= 15 is 0 Å². The second-order valence-corrected chi connectivity index (χ2v) is 8.23. The lowest BCUT2D eigenvalue weighted by atomic mass is 10.00. The lowest BCUT2D eigenvalue weighted by Crippen LogP contribution is -2.39. The molecule has 1 aliphatic heterocycles. The van der Waals surface area contributed by atoms with E-state index in [1.807, 2.05) is 59.5 Å². The third-order valence-corrected chi connectivity index (χ3v) is 6.41. The van der Waals surface area contributed by atoms with Gasteiger partial charge in [-0.25, -0.2) is 4.99 Å². The molecule has 5 rings (SSSR count). The number of rotatable bonds is 2. The smallest absolute Gasteiger partial charge is 0.260 e. The van der Waals surface area contributed by atoms with Crippen LogP contribution in [0.2, 0.25) is 0 Å². The normalized spacial score (nSPS) is 17.9. The third kappa shape index (κ3) is 3.10. The zero-order valence-electron chi connectivity index (χ0n) is 15.6. The maximum atomic E-state index is 13.8. The van der Waals surface area contributed by atoms with Gasteiger partial charge in [-0.1, -0.05) is 48.2 Å². The van der Waals surface area contributed by atoms with Gasteiger partial charge in [0.1, 0.15) is 0 Å². The fourth-order valence-corrected chi connectivity index (χ4v) is 5.00. The van der Waals surface area contributed by atoms with E-state index in [0.29, 0.717) is 6.54 Å². The van der Waals surface area contributed by atoms with Crippen LogP contribution in [0.15, 0.2) is 59.6 Å². The van der Waals surface area contributed by atoms with Crippen LogP contribution in [0.3, 0.4) is 0 Å². The molecule has 4 nitrogen and oxygen atoms in total. The van der Waals surface area contributed by atoms with Crippen molar-refractivity contribution in [3.8, 4) is 0 Å². The van der Waals surface area contributed by atoms with Crippen molar-refractivity contribution in [3.05, 3.63) is 71.4 Å². The number of hydrogen-bond donors (Lipinski definition) is 0. The number of fused-ring (bicyclic) bond motifs is 2. The highest BCUT2D eigenvalue weighted by atomic mass is 32.2. The van der Waals surface area contributed by atoms with E-state index in [1.54, 1.807) is 11.8 Å². The van der Waals surface area contributed by atoms with Gasteiger partial charge < -0.3 is 0 Å². The summed E-state index contributed by atoms with van der Waals surface area (Å²) in [5.74, 6) is 1.06. The molecule has 1 saturated heterocycles. The molecule has 1 aromatic heterocycles. The summed E-state index contributed by atoms with van der Waals surface area (Å²) in [5, 5.41) is 1.76. The average Bonchev–Trinajstić information content (AvgIpc) is 3.21. The number of aromatic nitrogens is 1. The summed E-state index contributed by atoms with van der Waals surface area (Å²) in [4.78, 5) is 25.3. The summed E-state index contributed by atoms with van der Waals surface area (Å²) in [6.07, 6.45) is 3.94. The highest BCUT2D eigenvalue weighted by Gasteiger charge is 2.30. The number of nitrogens with zero attached hydrogens (tertiary/aromatic N) is 3. The van der Waals surface area contributed by atoms with Crippen LogP contribution in [0.5, 0.6) is 0 Å². The number of carbonyl (C=O) groups excluding carboxylic acids is 1. The number of carbonyl (C=O) groups is 1. The number of hydrogen-bond acceptors (Lipinski definition) is 4. The monoisotopic (exact) mass is 387 g/mol. The minimum Gasteiger partial charge on any atom is -0.287 e. The molecular formula is C23H21N3OS. The van der Waals surface area contributed by atoms with Crippen LogP contribution in [0.4, 0.5) is 5.69 Å². The Morgan fingerprint density at radius 1 is 1.00 bits per heavy atom. The molecule has 0 saturated carbocycles. The molecule has 1 aliphatic carbocycles. The molecule has 0 atom stereocenters. The van der Waals surface area contributed by atoms with E-state index in [1.165, 1.54) is 0 Å². The van der Waals surface area contributed by atoms with Crippen molar-refractivity contribution in [2.45, 2.75) is 25.7 Å². The summed E-state index contributed by atoms with van der Waals surface area (Å²) in [6, 6.07) is 17.9. The summed E-state index contributed by atoms with van der Waals surface area (Å²) >= 11 is 1.67. The molecule has 1 amide bonds. The molecule has 0 radical (unpaired) electrons. The molecule has 0 spiro atoms. The molecule has 0 unspecified atom stereocenters. The van der Waals surface area contributed by atoms with E-state index in [0.717, 1.165) is 70.0 Å². The third-order valence-electron chi connectivity index (χ3n) is 5.35. The van der Waals surface area contributed by atoms with Crippen molar-refractivity contribution in [3.63, 3.8) is 0 Å². The fourth-order valence-electron chi connectivity index (χ4n) is 4.04. The molecule has 2 heterocycles. The van der Waals surface area contributed by atoms with E-state index < -0.39 is 0 Å². The molecule has 2 aromatic carbocycles. The van der Waals surface area contributed by atoms with Gasteiger partial charge in [-0.15, -0.1) is 0 Å². The first kappa shape index (κ1) is 17.4. The van der Waals surface area contributed by atoms with Gasteiger partial charge in [-0.3, -0.25) is 14.7 Å². The summed E-state index contributed by atoms with van der Waals surface area (Å²) in [7, 11) is 0. The van der Waals surface area contributed by atoms with Crippen molar-refractivity contribution in [2.24, 2.45) is 4.99 Å². The Balaban J connectivity index is 1.62. The molecule has 3 aromatic rings. The molecule has 2 aliphatic rings. The summed E-state index contributed by atoms with van der Waals surface area (Å²) in [5.41, 5.74) is 4.86. The molecule has 5 heteroatoms. The summed E-state index contributed by atoms with van der Waals surface area (Å²) < 4.78 is 0. The second kappa shape index (κ2) is 7.40. The Morgan fingerprint density at radius 3 is 2.71 bits per heavy atom. The quantitative estimate of drug-likeness (QED) is 0.622. The lowest BCUT2D eigenvalue weighted by Gasteiger charge is -2.29. The Kier molecular flexibility index (Phi) is 4.61. The van der Waals surface area contributed by atoms with Gasteiger partial charge in [0.25, 0.3) is 5.91 Å². The number of aryl methyl sites for hydroxylation is 1. The van der Waals surface area contributed by atoms with Gasteiger partial charge in [0, 0.05) is 23.4 Å². The van der Waals surface area contributed by atoms with Gasteiger partial charge in [0.2, 0.25) is 0 Å². The van der Waals surface area contributed by atoms with Crippen LogP contribution in [0.25, 0.3) is 10.9 Å². The Hall–Kier alpha value is -2.66. The number of amidine groups is 1. The van der Waals surface area contributed by atoms with E-state index in [-0.39, 0.29) is 5.91 Å². The first-order valence-electron chi connectivity index (χ1n) is 9.80. The van der Waals surface area contributed by atoms with Crippen molar-refractivity contribution < 1.29 is 4.79 Å². The Morgan fingerprint density at radius 2 is 1.82 bits per heavy atom. The highest BCUT2D eigenvalue weighted by molar-refractivity contribution is 8.13. The zero-order valence-corrected chi connectivity index (χ0v) is 16.4. The SMILES string of the molecule is O=C(c1c2c(nc3ccccc13)CCC2)N1CCCSC1=Nc1ccccc1. The minimum absolute atomic E-state index is 0.0682. The van der Waals surface area contributed by atoms with Gasteiger partial charge in [-0.2, -0.15) is 0 Å². The van der Waals surface area contributed by atoms with Crippen molar-refractivity contribution in [2.75, 3.05) is 12.3 Å². The molecule has 1 fully saturated rings. The first-order valence-corrected chi connectivity index (χ1v) is 10.8. The number of amides is 1. The van der Waals surface area contributed by atoms with Gasteiger partial charge >= 0.3 is 0 Å². The Labute approximate surface area is 168 Å². The van der Waals surface area contributed by atoms with Gasteiger partial charge in [-0.05, 0) is 49.4 Å². The Bertz CT molecular complexity index is 1080. The van der Waals surface area contributed by atoms with Crippen LogP contribution in [-0.2, 0) is 12.8 Å². The first-order chi connectivity index (χ1) is 13.8. The van der Waals surface area contributed by atoms with E-state index in [9.17, 15) is 4.79 Å². The van der Waals surface area contributed by atoms with Gasteiger partial charge in [0.15, 0.2) is 5.17 Å². The van der Waals surface area contributed by atoms with Crippen LogP contribution in [-0.4, -0.2) is 33.3 Å². The maximum absolute atomic E-state index is 13.8. The summed E-state index contributed by atoms with van der Waals surface area (Å²) in [6.45, 7) is 0.711. The molecule has 140 valence electrons. The van der Waals surface area contributed by atoms with Crippen molar-refractivity contribution >= 4 is 39.4 Å². The second-order valence-electron chi connectivity index (χ2n) is 7.17. The van der Waals surface area contributed by atoms with Crippen LogP contribution >= 0.6 is 11.8 Å². The zero-order chi connectivity index (χ0) is 18.9.